The number of rotatable bonds is 5. The van der Waals surface area contributed by atoms with Gasteiger partial charge in [0, 0.05) is 19.8 Å². The van der Waals surface area contributed by atoms with Gasteiger partial charge in [-0.05, 0) is 25.0 Å². The van der Waals surface area contributed by atoms with Gasteiger partial charge < -0.3 is 20.5 Å². The van der Waals surface area contributed by atoms with Crippen LogP contribution in [-0.2, 0) is 4.74 Å². The SMILES string of the molecule is NCC1(NC(=O)c2ccccc2OC(F)F)CCOCC1. The Labute approximate surface area is 121 Å². The van der Waals surface area contributed by atoms with Crippen molar-refractivity contribution in [2.45, 2.75) is 25.0 Å². The number of para-hydroxylation sites is 1. The van der Waals surface area contributed by atoms with Crippen molar-refractivity contribution in [1.82, 2.24) is 5.32 Å². The second-order valence-corrected chi connectivity index (χ2v) is 4.93. The Hall–Kier alpha value is -1.73. The van der Waals surface area contributed by atoms with Crippen molar-refractivity contribution in [3.8, 4) is 5.75 Å². The van der Waals surface area contributed by atoms with Crippen molar-refractivity contribution in [3.63, 3.8) is 0 Å². The van der Waals surface area contributed by atoms with E-state index in [1.807, 2.05) is 0 Å². The molecular weight excluding hydrogens is 282 g/mol. The number of carbonyl (C=O) groups excluding carboxylic acids is 1. The molecule has 1 heterocycles. The van der Waals surface area contributed by atoms with Gasteiger partial charge in [-0.3, -0.25) is 4.79 Å². The van der Waals surface area contributed by atoms with Crippen LogP contribution in [0.4, 0.5) is 8.78 Å². The summed E-state index contributed by atoms with van der Waals surface area (Å²) in [6, 6.07) is 5.89. The molecule has 2 rings (SSSR count). The molecule has 7 heteroatoms. The van der Waals surface area contributed by atoms with Crippen molar-refractivity contribution in [1.29, 1.82) is 0 Å². The molecule has 0 radical (unpaired) electrons. The lowest BCUT2D eigenvalue weighted by Gasteiger charge is -2.37. The van der Waals surface area contributed by atoms with Crippen molar-refractivity contribution < 1.29 is 23.0 Å². The molecule has 21 heavy (non-hydrogen) atoms. The quantitative estimate of drug-likeness (QED) is 0.865. The topological polar surface area (TPSA) is 73.6 Å². The molecule has 0 aromatic heterocycles. The predicted octanol–water partition coefficient (Wildman–Crippen LogP) is 1.53. The number of nitrogens with two attached hydrogens (primary N) is 1. The Morgan fingerprint density at radius 1 is 1.38 bits per heavy atom. The van der Waals surface area contributed by atoms with E-state index >= 15 is 0 Å². The number of hydrogen-bond acceptors (Lipinski definition) is 4. The number of halogens is 2. The molecule has 0 saturated carbocycles. The zero-order valence-corrected chi connectivity index (χ0v) is 11.5. The van der Waals surface area contributed by atoms with Crippen LogP contribution in [0.1, 0.15) is 23.2 Å². The second-order valence-electron chi connectivity index (χ2n) is 4.93. The summed E-state index contributed by atoms with van der Waals surface area (Å²) in [5.74, 6) is -0.622. The van der Waals surface area contributed by atoms with E-state index < -0.39 is 18.1 Å². The Morgan fingerprint density at radius 3 is 2.67 bits per heavy atom. The maximum absolute atomic E-state index is 12.4. The molecule has 0 atom stereocenters. The summed E-state index contributed by atoms with van der Waals surface area (Å²) in [5.41, 5.74) is 5.27. The number of benzene rings is 1. The van der Waals surface area contributed by atoms with Gasteiger partial charge in [0.05, 0.1) is 11.1 Å². The molecule has 0 spiro atoms. The van der Waals surface area contributed by atoms with Crippen molar-refractivity contribution in [2.75, 3.05) is 19.8 Å². The van der Waals surface area contributed by atoms with E-state index in [1.54, 1.807) is 6.07 Å². The first-order valence-corrected chi connectivity index (χ1v) is 6.70. The van der Waals surface area contributed by atoms with Gasteiger partial charge in [0.15, 0.2) is 0 Å². The smallest absolute Gasteiger partial charge is 0.387 e. The fourth-order valence-corrected chi connectivity index (χ4v) is 2.30. The standard InChI is InChI=1S/C14H18F2N2O3/c15-13(16)21-11-4-2-1-3-10(11)12(19)18-14(9-17)5-7-20-8-6-14/h1-4,13H,5-9,17H2,(H,18,19). The van der Waals surface area contributed by atoms with Crippen molar-refractivity contribution in [3.05, 3.63) is 29.8 Å². The van der Waals surface area contributed by atoms with Crippen LogP contribution in [0.15, 0.2) is 24.3 Å². The third kappa shape index (κ3) is 3.89. The zero-order valence-electron chi connectivity index (χ0n) is 11.5. The summed E-state index contributed by atoms with van der Waals surface area (Å²) in [6.07, 6.45) is 1.18. The summed E-state index contributed by atoms with van der Waals surface area (Å²) in [4.78, 5) is 12.3. The first-order chi connectivity index (χ1) is 10.1. The van der Waals surface area contributed by atoms with Gasteiger partial charge in [-0.2, -0.15) is 8.78 Å². The molecule has 0 aliphatic carbocycles. The molecule has 0 bridgehead atoms. The molecular formula is C14H18F2N2O3. The highest BCUT2D eigenvalue weighted by Gasteiger charge is 2.33. The van der Waals surface area contributed by atoms with E-state index in [4.69, 9.17) is 10.5 Å². The molecule has 1 fully saturated rings. The van der Waals surface area contributed by atoms with Crippen LogP contribution in [0.5, 0.6) is 5.75 Å². The van der Waals surface area contributed by atoms with E-state index in [-0.39, 0.29) is 17.9 Å². The van der Waals surface area contributed by atoms with Crippen molar-refractivity contribution >= 4 is 5.91 Å². The molecule has 1 aromatic rings. The Kier molecular flexibility index (Phi) is 5.08. The Morgan fingerprint density at radius 2 is 2.05 bits per heavy atom. The second kappa shape index (κ2) is 6.82. The fraction of sp³-hybridized carbons (Fsp3) is 0.500. The molecule has 0 unspecified atom stereocenters. The average Bonchev–Trinajstić information content (AvgIpc) is 2.48. The normalized spacial score (nSPS) is 17.5. The first kappa shape index (κ1) is 15.7. The van der Waals surface area contributed by atoms with E-state index in [0.717, 1.165) is 0 Å². The number of nitrogens with one attached hydrogen (secondary N) is 1. The van der Waals surface area contributed by atoms with Gasteiger partial charge in [-0.15, -0.1) is 0 Å². The van der Waals surface area contributed by atoms with Crippen LogP contribution >= 0.6 is 0 Å². The Bertz CT molecular complexity index is 491. The van der Waals surface area contributed by atoms with Crippen LogP contribution in [-0.4, -0.2) is 37.8 Å². The minimum absolute atomic E-state index is 0.0668. The first-order valence-electron chi connectivity index (χ1n) is 6.70. The molecule has 5 nitrogen and oxygen atoms in total. The third-order valence-corrected chi connectivity index (χ3v) is 3.57. The summed E-state index contributed by atoms with van der Waals surface area (Å²) in [7, 11) is 0. The average molecular weight is 300 g/mol. The molecule has 1 aromatic carbocycles. The lowest BCUT2D eigenvalue weighted by molar-refractivity contribution is -0.0502. The van der Waals surface area contributed by atoms with Gasteiger partial charge in [0.25, 0.3) is 5.91 Å². The number of carbonyl (C=O) groups is 1. The molecule has 1 amide bonds. The van der Waals surface area contributed by atoms with E-state index in [9.17, 15) is 13.6 Å². The van der Waals surface area contributed by atoms with Gasteiger partial charge in [0.1, 0.15) is 5.75 Å². The number of amides is 1. The van der Waals surface area contributed by atoms with Crippen molar-refractivity contribution in [2.24, 2.45) is 5.73 Å². The molecule has 1 aliphatic rings. The monoisotopic (exact) mass is 300 g/mol. The van der Waals surface area contributed by atoms with E-state index in [1.165, 1.54) is 18.2 Å². The van der Waals surface area contributed by atoms with Crippen LogP contribution in [0, 0.1) is 0 Å². The van der Waals surface area contributed by atoms with Crippen LogP contribution in [0.2, 0.25) is 0 Å². The zero-order chi connectivity index (χ0) is 15.3. The largest absolute Gasteiger partial charge is 0.434 e. The summed E-state index contributed by atoms with van der Waals surface area (Å²) < 4.78 is 34.4. The van der Waals surface area contributed by atoms with E-state index in [2.05, 4.69) is 10.1 Å². The highest BCUT2D eigenvalue weighted by Crippen LogP contribution is 2.24. The molecule has 3 N–H and O–H groups in total. The number of ether oxygens (including phenoxy) is 2. The summed E-state index contributed by atoms with van der Waals surface area (Å²) in [5, 5.41) is 2.84. The molecule has 1 aliphatic heterocycles. The highest BCUT2D eigenvalue weighted by atomic mass is 19.3. The lowest BCUT2D eigenvalue weighted by Crippen LogP contribution is -2.56. The van der Waals surface area contributed by atoms with Crippen LogP contribution < -0.4 is 15.8 Å². The third-order valence-electron chi connectivity index (χ3n) is 3.57. The predicted molar refractivity (Wildman–Crippen MR) is 72.4 cm³/mol. The summed E-state index contributed by atoms with van der Waals surface area (Å²) in [6.45, 7) is -1.70. The molecule has 116 valence electrons. The maximum atomic E-state index is 12.4. The van der Waals surface area contributed by atoms with Crippen LogP contribution in [0.25, 0.3) is 0 Å². The number of alkyl halides is 2. The molecule has 1 saturated heterocycles. The maximum Gasteiger partial charge on any atom is 0.387 e. The van der Waals surface area contributed by atoms with Gasteiger partial charge in [-0.25, -0.2) is 0 Å². The highest BCUT2D eigenvalue weighted by molar-refractivity contribution is 5.97. The Balaban J connectivity index is 2.16. The number of hydrogen-bond donors (Lipinski definition) is 2. The lowest BCUT2D eigenvalue weighted by atomic mass is 9.89. The van der Waals surface area contributed by atoms with Gasteiger partial charge in [-0.1, -0.05) is 12.1 Å². The van der Waals surface area contributed by atoms with Gasteiger partial charge in [0.2, 0.25) is 0 Å². The minimum Gasteiger partial charge on any atom is -0.434 e. The van der Waals surface area contributed by atoms with Crippen LogP contribution in [0.3, 0.4) is 0 Å². The van der Waals surface area contributed by atoms with E-state index in [0.29, 0.717) is 26.1 Å². The van der Waals surface area contributed by atoms with Gasteiger partial charge >= 0.3 is 6.61 Å². The summed E-state index contributed by atoms with van der Waals surface area (Å²) >= 11 is 0. The minimum atomic E-state index is -2.98. The fourth-order valence-electron chi connectivity index (χ4n) is 2.30.